The van der Waals surface area contributed by atoms with Crippen LogP contribution in [-0.4, -0.2) is 35.4 Å². The fourth-order valence-corrected chi connectivity index (χ4v) is 3.97. The molecule has 0 aliphatic heterocycles. The van der Waals surface area contributed by atoms with E-state index in [9.17, 15) is 19.8 Å². The minimum atomic E-state index is -0.259. The van der Waals surface area contributed by atoms with E-state index in [1.54, 1.807) is 24.3 Å². The highest BCUT2D eigenvalue weighted by Crippen LogP contribution is 2.28. The predicted octanol–water partition coefficient (Wildman–Crippen LogP) is 6.22. The molecule has 0 unspecified atom stereocenters. The standard InChI is InChI=1S/C30H42O6/c1-3-5-9-25-21-24(22-26(30(25)34)10-6-4-2)14-18-29(33)36-20-8-7-19-35-28(32)17-13-23-11-15-27(31)16-12-23/h11-12,15-16,21-22,31,34H,3-10,13-14,17-20H2,1-2H3. The molecule has 0 saturated carbocycles. The lowest BCUT2D eigenvalue weighted by atomic mass is 9.95. The van der Waals surface area contributed by atoms with E-state index in [0.29, 0.717) is 51.1 Å². The van der Waals surface area contributed by atoms with Gasteiger partial charge in [-0.25, -0.2) is 0 Å². The summed E-state index contributed by atoms with van der Waals surface area (Å²) in [6.07, 6.45) is 8.92. The SMILES string of the molecule is CCCCc1cc(CCC(=O)OCCCCOC(=O)CCc2ccc(O)cc2)cc(CCCC)c1O. The molecule has 0 fully saturated rings. The van der Waals surface area contributed by atoms with Gasteiger partial charge in [-0.1, -0.05) is 51.0 Å². The van der Waals surface area contributed by atoms with Gasteiger partial charge in [0.25, 0.3) is 0 Å². The van der Waals surface area contributed by atoms with Crippen LogP contribution in [0.1, 0.15) is 87.5 Å². The number of phenolic OH excluding ortho intramolecular Hbond substituents is 2. The first-order valence-corrected chi connectivity index (χ1v) is 13.4. The second-order valence-corrected chi connectivity index (χ2v) is 9.28. The minimum absolute atomic E-state index is 0.204. The number of aromatic hydroxyl groups is 2. The van der Waals surface area contributed by atoms with Gasteiger partial charge in [-0.3, -0.25) is 9.59 Å². The van der Waals surface area contributed by atoms with Gasteiger partial charge in [0, 0.05) is 12.8 Å². The molecule has 0 saturated heterocycles. The maximum Gasteiger partial charge on any atom is 0.306 e. The fourth-order valence-electron chi connectivity index (χ4n) is 3.97. The van der Waals surface area contributed by atoms with E-state index >= 15 is 0 Å². The van der Waals surface area contributed by atoms with Gasteiger partial charge in [-0.2, -0.15) is 0 Å². The maximum atomic E-state index is 12.2. The van der Waals surface area contributed by atoms with E-state index in [2.05, 4.69) is 13.8 Å². The summed E-state index contributed by atoms with van der Waals surface area (Å²) in [6, 6.07) is 10.8. The molecule has 2 aromatic carbocycles. The van der Waals surface area contributed by atoms with Crippen LogP contribution < -0.4 is 0 Å². The van der Waals surface area contributed by atoms with Crippen molar-refractivity contribution in [1.29, 1.82) is 0 Å². The van der Waals surface area contributed by atoms with Crippen LogP contribution in [0, 0.1) is 0 Å². The maximum absolute atomic E-state index is 12.2. The molecule has 0 aliphatic carbocycles. The summed E-state index contributed by atoms with van der Waals surface area (Å²) in [5.74, 6) is 0.129. The normalized spacial score (nSPS) is 10.8. The Morgan fingerprint density at radius 1 is 0.667 bits per heavy atom. The Bertz CT molecular complexity index is 906. The average molecular weight is 499 g/mol. The number of benzene rings is 2. The van der Waals surface area contributed by atoms with Gasteiger partial charge in [-0.15, -0.1) is 0 Å². The van der Waals surface area contributed by atoms with Gasteiger partial charge in [0.2, 0.25) is 0 Å². The van der Waals surface area contributed by atoms with Crippen molar-refractivity contribution >= 4 is 11.9 Å². The molecule has 6 heteroatoms. The molecule has 0 aliphatic rings. The molecule has 0 atom stereocenters. The summed E-state index contributed by atoms with van der Waals surface area (Å²) in [5, 5.41) is 19.9. The first kappa shape index (κ1) is 29.2. The smallest absolute Gasteiger partial charge is 0.306 e. The van der Waals surface area contributed by atoms with Crippen molar-refractivity contribution in [2.75, 3.05) is 13.2 Å². The Morgan fingerprint density at radius 3 is 1.61 bits per heavy atom. The van der Waals surface area contributed by atoms with E-state index in [-0.39, 0.29) is 24.1 Å². The zero-order valence-electron chi connectivity index (χ0n) is 21.9. The van der Waals surface area contributed by atoms with Crippen LogP contribution in [0.15, 0.2) is 36.4 Å². The van der Waals surface area contributed by atoms with Gasteiger partial charge >= 0.3 is 11.9 Å². The molecule has 0 bridgehead atoms. The zero-order chi connectivity index (χ0) is 26.2. The lowest BCUT2D eigenvalue weighted by Gasteiger charge is -2.13. The molecule has 2 N–H and O–H groups in total. The van der Waals surface area contributed by atoms with Crippen LogP contribution >= 0.6 is 0 Å². The van der Waals surface area contributed by atoms with Crippen LogP contribution in [0.25, 0.3) is 0 Å². The summed E-state index contributed by atoms with van der Waals surface area (Å²) in [5.41, 5.74) is 4.00. The molecule has 36 heavy (non-hydrogen) atoms. The van der Waals surface area contributed by atoms with Crippen molar-refractivity contribution in [3.8, 4) is 11.5 Å². The second kappa shape index (κ2) is 16.6. The van der Waals surface area contributed by atoms with Crippen LogP contribution in [0.5, 0.6) is 11.5 Å². The third-order valence-corrected chi connectivity index (χ3v) is 6.16. The summed E-state index contributed by atoms with van der Waals surface area (Å²) in [6.45, 7) is 4.89. The highest BCUT2D eigenvalue weighted by Gasteiger charge is 2.12. The molecule has 0 radical (unpaired) electrons. The van der Waals surface area contributed by atoms with Crippen LogP contribution in [0.3, 0.4) is 0 Å². The van der Waals surface area contributed by atoms with Crippen LogP contribution in [0.2, 0.25) is 0 Å². The molecule has 2 aromatic rings. The second-order valence-electron chi connectivity index (χ2n) is 9.28. The van der Waals surface area contributed by atoms with Crippen LogP contribution in [0.4, 0.5) is 0 Å². The number of esters is 2. The summed E-state index contributed by atoms with van der Waals surface area (Å²) in [4.78, 5) is 24.1. The van der Waals surface area contributed by atoms with E-state index in [4.69, 9.17) is 9.47 Å². The Labute approximate surface area is 215 Å². The van der Waals surface area contributed by atoms with Crippen molar-refractivity contribution in [2.24, 2.45) is 0 Å². The van der Waals surface area contributed by atoms with E-state index in [1.165, 1.54) is 0 Å². The third kappa shape index (κ3) is 11.1. The molecular formula is C30H42O6. The number of carbonyl (C=O) groups excluding carboxylic acids is 2. The van der Waals surface area contributed by atoms with Gasteiger partial charge in [0.05, 0.1) is 13.2 Å². The average Bonchev–Trinajstić information content (AvgIpc) is 2.88. The summed E-state index contributed by atoms with van der Waals surface area (Å²) in [7, 11) is 0. The number of carbonyl (C=O) groups is 2. The Morgan fingerprint density at radius 2 is 1.14 bits per heavy atom. The molecule has 198 valence electrons. The van der Waals surface area contributed by atoms with E-state index in [1.807, 2.05) is 12.1 Å². The predicted molar refractivity (Wildman–Crippen MR) is 141 cm³/mol. The molecular weight excluding hydrogens is 456 g/mol. The molecule has 0 heterocycles. The Hall–Kier alpha value is -3.02. The summed E-state index contributed by atoms with van der Waals surface area (Å²) < 4.78 is 10.6. The monoisotopic (exact) mass is 498 g/mol. The lowest BCUT2D eigenvalue weighted by molar-refractivity contribution is -0.146. The first-order valence-electron chi connectivity index (χ1n) is 13.4. The number of rotatable bonds is 17. The zero-order valence-corrected chi connectivity index (χ0v) is 21.9. The number of ether oxygens (including phenoxy) is 2. The van der Waals surface area contributed by atoms with Gasteiger partial charge in [-0.05, 0) is 85.8 Å². The third-order valence-electron chi connectivity index (χ3n) is 6.16. The number of unbranched alkanes of at least 4 members (excludes halogenated alkanes) is 3. The van der Waals surface area contributed by atoms with Crippen molar-refractivity contribution in [2.45, 2.75) is 90.9 Å². The Kier molecular flexibility index (Phi) is 13.5. The molecule has 6 nitrogen and oxygen atoms in total. The van der Waals surface area contributed by atoms with Gasteiger partial charge in [0.15, 0.2) is 0 Å². The number of hydrogen-bond acceptors (Lipinski definition) is 6. The van der Waals surface area contributed by atoms with E-state index < -0.39 is 0 Å². The van der Waals surface area contributed by atoms with E-state index in [0.717, 1.165) is 60.8 Å². The number of hydrogen-bond donors (Lipinski definition) is 2. The topological polar surface area (TPSA) is 93.1 Å². The first-order chi connectivity index (χ1) is 17.4. The Balaban J connectivity index is 1.64. The van der Waals surface area contributed by atoms with Crippen molar-refractivity contribution in [1.82, 2.24) is 0 Å². The number of phenols is 2. The highest BCUT2D eigenvalue weighted by atomic mass is 16.5. The van der Waals surface area contributed by atoms with Crippen LogP contribution in [-0.2, 0) is 44.7 Å². The molecule has 0 aromatic heterocycles. The molecule has 2 rings (SSSR count). The number of aryl methyl sites for hydroxylation is 4. The molecule has 0 spiro atoms. The summed E-state index contributed by atoms with van der Waals surface area (Å²) >= 11 is 0. The largest absolute Gasteiger partial charge is 0.508 e. The van der Waals surface area contributed by atoms with Crippen molar-refractivity contribution < 1.29 is 29.3 Å². The van der Waals surface area contributed by atoms with Crippen molar-refractivity contribution in [3.05, 3.63) is 58.7 Å². The quantitative estimate of drug-likeness (QED) is 0.199. The fraction of sp³-hybridized carbons (Fsp3) is 0.533. The van der Waals surface area contributed by atoms with Gasteiger partial charge < -0.3 is 19.7 Å². The highest BCUT2D eigenvalue weighted by molar-refractivity contribution is 5.70. The lowest BCUT2D eigenvalue weighted by Crippen LogP contribution is -2.10. The minimum Gasteiger partial charge on any atom is -0.508 e. The van der Waals surface area contributed by atoms with Gasteiger partial charge in [0.1, 0.15) is 11.5 Å². The molecule has 0 amide bonds. The van der Waals surface area contributed by atoms with Crippen molar-refractivity contribution in [3.63, 3.8) is 0 Å².